The molecular weight excluding hydrogens is 288 g/mol. The van der Waals surface area contributed by atoms with E-state index in [1.165, 1.54) is 18.4 Å². The number of ether oxygens (including phenoxy) is 2. The molecule has 1 aromatic heterocycles. The van der Waals surface area contributed by atoms with Crippen LogP contribution in [0.5, 0.6) is 0 Å². The lowest BCUT2D eigenvalue weighted by molar-refractivity contribution is -0.155. The average molecular weight is 310 g/mol. The van der Waals surface area contributed by atoms with Gasteiger partial charge in [0.1, 0.15) is 11.9 Å². The van der Waals surface area contributed by atoms with Crippen LogP contribution in [0.4, 0.5) is 0 Å². The molecule has 3 atom stereocenters. The number of carbonyl (C=O) groups excluding carboxylic acids is 2. The molecule has 0 aliphatic carbocycles. The third-order valence-corrected chi connectivity index (χ3v) is 2.75. The van der Waals surface area contributed by atoms with E-state index in [2.05, 4.69) is 0 Å². The van der Waals surface area contributed by atoms with Crippen molar-refractivity contribution in [3.8, 4) is 0 Å². The first-order chi connectivity index (χ1) is 10.4. The Morgan fingerprint density at radius 2 is 2.05 bits per heavy atom. The summed E-state index contributed by atoms with van der Waals surface area (Å²) in [7, 11) is 0. The van der Waals surface area contributed by atoms with Crippen molar-refractivity contribution in [2.24, 2.45) is 0 Å². The lowest BCUT2D eigenvalue weighted by atomic mass is 10.2. The fourth-order valence-electron chi connectivity index (χ4n) is 1.70. The lowest BCUT2D eigenvalue weighted by Crippen LogP contribution is -2.19. The normalized spacial score (nSPS) is 15.3. The second-order valence-corrected chi connectivity index (χ2v) is 5.09. The van der Waals surface area contributed by atoms with Gasteiger partial charge in [-0.2, -0.15) is 0 Å². The molecule has 0 fully saturated rings. The van der Waals surface area contributed by atoms with Gasteiger partial charge in [-0.1, -0.05) is 6.08 Å². The van der Waals surface area contributed by atoms with E-state index in [4.69, 9.17) is 19.0 Å². The summed E-state index contributed by atoms with van der Waals surface area (Å²) in [6.45, 7) is 4.93. The van der Waals surface area contributed by atoms with Crippen LogP contribution in [-0.4, -0.2) is 29.3 Å². The van der Waals surface area contributed by atoms with Gasteiger partial charge >= 0.3 is 11.9 Å². The molecule has 0 aliphatic heterocycles. The van der Waals surface area contributed by atoms with Crippen molar-refractivity contribution in [1.29, 1.82) is 0 Å². The SMILES string of the molecule is C[C@H](O)C/C=C/C(=O)O[C@@H](C)CC(=O)O[C@@H](C)c1ccco1. The zero-order valence-corrected chi connectivity index (χ0v) is 13.0. The minimum atomic E-state index is -0.597. The molecule has 6 nitrogen and oxygen atoms in total. The summed E-state index contributed by atoms with van der Waals surface area (Å²) in [6.07, 6.45) is 2.99. The van der Waals surface area contributed by atoms with Gasteiger partial charge in [-0.15, -0.1) is 0 Å². The second kappa shape index (κ2) is 9.04. The van der Waals surface area contributed by atoms with Crippen LogP contribution in [0.3, 0.4) is 0 Å². The van der Waals surface area contributed by atoms with Crippen LogP contribution in [0.25, 0.3) is 0 Å². The first-order valence-corrected chi connectivity index (χ1v) is 7.16. The Labute approximate surface area is 129 Å². The van der Waals surface area contributed by atoms with Crippen molar-refractivity contribution in [2.75, 3.05) is 0 Å². The maximum absolute atomic E-state index is 11.7. The molecule has 1 aromatic rings. The predicted octanol–water partition coefficient (Wildman–Crippen LogP) is 2.53. The summed E-state index contributed by atoms with van der Waals surface area (Å²) >= 11 is 0. The smallest absolute Gasteiger partial charge is 0.330 e. The average Bonchev–Trinajstić information content (AvgIpc) is 2.91. The van der Waals surface area contributed by atoms with Crippen molar-refractivity contribution >= 4 is 11.9 Å². The molecule has 0 bridgehead atoms. The van der Waals surface area contributed by atoms with Crippen molar-refractivity contribution < 1.29 is 28.6 Å². The van der Waals surface area contributed by atoms with Crippen molar-refractivity contribution in [2.45, 2.75) is 51.9 Å². The molecule has 0 aromatic carbocycles. The summed E-state index contributed by atoms with van der Waals surface area (Å²) in [6, 6.07) is 3.43. The van der Waals surface area contributed by atoms with Crippen LogP contribution in [0.1, 0.15) is 45.5 Å². The van der Waals surface area contributed by atoms with E-state index >= 15 is 0 Å². The molecule has 122 valence electrons. The summed E-state index contributed by atoms with van der Waals surface area (Å²) in [5.74, 6) is -0.476. The highest BCUT2D eigenvalue weighted by atomic mass is 16.6. The predicted molar refractivity (Wildman–Crippen MR) is 78.8 cm³/mol. The molecule has 0 aliphatic rings. The number of carbonyl (C=O) groups is 2. The van der Waals surface area contributed by atoms with E-state index in [-0.39, 0.29) is 6.42 Å². The van der Waals surface area contributed by atoms with Gasteiger partial charge in [0.2, 0.25) is 0 Å². The minimum absolute atomic E-state index is 0.0406. The number of esters is 2. The van der Waals surface area contributed by atoms with Gasteiger partial charge in [0.15, 0.2) is 6.10 Å². The topological polar surface area (TPSA) is 86.0 Å². The second-order valence-electron chi connectivity index (χ2n) is 5.09. The Hall–Kier alpha value is -2.08. The molecular formula is C16H22O6. The monoisotopic (exact) mass is 310 g/mol. The fourth-order valence-corrected chi connectivity index (χ4v) is 1.70. The van der Waals surface area contributed by atoms with Crippen LogP contribution in [-0.2, 0) is 19.1 Å². The quantitative estimate of drug-likeness (QED) is 0.586. The van der Waals surface area contributed by atoms with Crippen molar-refractivity contribution in [3.63, 3.8) is 0 Å². The Morgan fingerprint density at radius 1 is 1.32 bits per heavy atom. The Kier molecular flexibility index (Phi) is 7.39. The number of furan rings is 1. The Bertz CT molecular complexity index is 489. The number of hydrogen-bond acceptors (Lipinski definition) is 6. The zero-order chi connectivity index (χ0) is 16.5. The number of aliphatic hydroxyl groups is 1. The number of rotatable bonds is 8. The highest BCUT2D eigenvalue weighted by Gasteiger charge is 2.18. The van der Waals surface area contributed by atoms with Gasteiger partial charge in [0.25, 0.3) is 0 Å². The highest BCUT2D eigenvalue weighted by Crippen LogP contribution is 2.18. The lowest BCUT2D eigenvalue weighted by Gasteiger charge is -2.14. The molecule has 1 rings (SSSR count). The van der Waals surface area contributed by atoms with Gasteiger partial charge in [0.05, 0.1) is 18.8 Å². The first-order valence-electron chi connectivity index (χ1n) is 7.16. The maximum Gasteiger partial charge on any atom is 0.330 e. The third-order valence-electron chi connectivity index (χ3n) is 2.75. The van der Waals surface area contributed by atoms with Crippen LogP contribution in [0, 0.1) is 0 Å². The van der Waals surface area contributed by atoms with Gasteiger partial charge in [0, 0.05) is 6.08 Å². The molecule has 0 radical (unpaired) electrons. The van der Waals surface area contributed by atoms with E-state index in [1.54, 1.807) is 32.9 Å². The fraction of sp³-hybridized carbons (Fsp3) is 0.500. The largest absolute Gasteiger partial charge is 0.465 e. The van der Waals surface area contributed by atoms with Crippen LogP contribution < -0.4 is 0 Å². The first kappa shape index (κ1) is 18.0. The van der Waals surface area contributed by atoms with E-state index < -0.39 is 30.3 Å². The Morgan fingerprint density at radius 3 is 2.64 bits per heavy atom. The molecule has 1 heterocycles. The molecule has 0 saturated carbocycles. The van der Waals surface area contributed by atoms with Gasteiger partial charge in [-0.25, -0.2) is 4.79 Å². The van der Waals surface area contributed by atoms with Gasteiger partial charge in [-0.3, -0.25) is 4.79 Å². The molecule has 1 N–H and O–H groups in total. The van der Waals surface area contributed by atoms with E-state index in [9.17, 15) is 9.59 Å². The van der Waals surface area contributed by atoms with Crippen molar-refractivity contribution in [3.05, 3.63) is 36.3 Å². The molecule has 0 saturated heterocycles. The van der Waals surface area contributed by atoms with Crippen LogP contribution in [0.2, 0.25) is 0 Å². The summed E-state index contributed by atoms with van der Waals surface area (Å²) < 4.78 is 15.4. The van der Waals surface area contributed by atoms with E-state index in [1.807, 2.05) is 0 Å². The molecule has 0 amide bonds. The number of aliphatic hydroxyl groups excluding tert-OH is 1. The van der Waals surface area contributed by atoms with Crippen LogP contribution in [0.15, 0.2) is 35.0 Å². The summed E-state index contributed by atoms with van der Waals surface area (Å²) in [4.78, 5) is 23.2. The standard InChI is InChI=1S/C16H22O6/c1-11(17)6-4-8-15(18)21-12(2)10-16(19)22-13(3)14-7-5-9-20-14/h4-5,7-9,11-13,17H,6,10H2,1-3H3/b8-4+/t11-,12-,13-/m0/s1. The summed E-state index contributed by atoms with van der Waals surface area (Å²) in [5.41, 5.74) is 0. The van der Waals surface area contributed by atoms with E-state index in [0.717, 1.165) is 0 Å². The minimum Gasteiger partial charge on any atom is -0.465 e. The Balaban J connectivity index is 2.31. The summed E-state index contributed by atoms with van der Waals surface area (Å²) in [5, 5.41) is 9.06. The molecule has 0 spiro atoms. The van der Waals surface area contributed by atoms with Crippen molar-refractivity contribution in [1.82, 2.24) is 0 Å². The van der Waals surface area contributed by atoms with Gasteiger partial charge < -0.3 is 19.0 Å². The maximum atomic E-state index is 11.7. The van der Waals surface area contributed by atoms with Gasteiger partial charge in [-0.05, 0) is 39.3 Å². The zero-order valence-electron chi connectivity index (χ0n) is 13.0. The van der Waals surface area contributed by atoms with Crippen LogP contribution >= 0.6 is 0 Å². The highest BCUT2D eigenvalue weighted by molar-refractivity contribution is 5.82. The third kappa shape index (κ3) is 7.08. The number of hydrogen-bond donors (Lipinski definition) is 1. The molecule has 6 heteroatoms. The molecule has 22 heavy (non-hydrogen) atoms. The van der Waals surface area contributed by atoms with E-state index in [0.29, 0.717) is 12.2 Å². The molecule has 0 unspecified atom stereocenters.